The highest BCUT2D eigenvalue weighted by Crippen LogP contribution is 2.38. The first-order chi connectivity index (χ1) is 12.3. The van der Waals surface area contributed by atoms with Crippen LogP contribution in [0, 0.1) is 0 Å². The van der Waals surface area contributed by atoms with Crippen LogP contribution in [0.1, 0.15) is 11.7 Å². The molecule has 4 nitrogen and oxygen atoms in total. The van der Waals surface area contributed by atoms with Crippen molar-refractivity contribution in [3.05, 3.63) is 84.4 Å². The average molecular weight is 326 g/mol. The van der Waals surface area contributed by atoms with Crippen molar-refractivity contribution in [3.63, 3.8) is 0 Å². The minimum absolute atomic E-state index is 0.652. The molecule has 120 valence electrons. The SMILES string of the molecule is O=C=NC(N=C=O)c1cccc(-c2ccccc2)c1-c1ccccc1. The van der Waals surface area contributed by atoms with Crippen LogP contribution in [0.2, 0.25) is 0 Å². The molecule has 0 unspecified atom stereocenters. The molecular weight excluding hydrogens is 312 g/mol. The lowest BCUT2D eigenvalue weighted by Crippen LogP contribution is -1.98. The number of benzene rings is 3. The lowest BCUT2D eigenvalue weighted by atomic mass is 9.89. The number of rotatable bonds is 5. The number of nitrogens with zero attached hydrogens (tertiary/aromatic N) is 2. The summed E-state index contributed by atoms with van der Waals surface area (Å²) in [4.78, 5) is 28.9. The number of hydrogen-bond acceptors (Lipinski definition) is 4. The van der Waals surface area contributed by atoms with Crippen LogP contribution in [0.15, 0.2) is 88.8 Å². The molecule has 0 aliphatic heterocycles. The highest BCUT2D eigenvalue weighted by atomic mass is 16.1. The molecule has 0 atom stereocenters. The molecule has 4 heteroatoms. The normalized spacial score (nSPS) is 11.0. The van der Waals surface area contributed by atoms with E-state index in [2.05, 4.69) is 9.98 Å². The van der Waals surface area contributed by atoms with E-state index in [0.717, 1.165) is 22.3 Å². The Hall–Kier alpha value is -3.58. The standard InChI is InChI=1S/C21H14N2O2/c24-14-22-21(23-15-25)19-13-7-12-18(16-8-3-1-4-9-16)20(19)17-10-5-2-6-11-17/h1-13,21H. The van der Waals surface area contributed by atoms with Crippen LogP contribution in [0.25, 0.3) is 22.3 Å². The molecule has 3 aromatic carbocycles. The lowest BCUT2D eigenvalue weighted by molar-refractivity contribution is 0.552. The van der Waals surface area contributed by atoms with Crippen LogP contribution in [0.3, 0.4) is 0 Å². The van der Waals surface area contributed by atoms with Crippen molar-refractivity contribution in [2.24, 2.45) is 9.98 Å². The summed E-state index contributed by atoms with van der Waals surface area (Å²) in [5.41, 5.74) is 4.46. The molecule has 0 amide bonds. The van der Waals surface area contributed by atoms with Gasteiger partial charge in [-0.1, -0.05) is 78.9 Å². The Bertz CT molecular complexity index is 938. The summed E-state index contributed by atoms with van der Waals surface area (Å²) in [7, 11) is 0. The van der Waals surface area contributed by atoms with E-state index >= 15 is 0 Å². The van der Waals surface area contributed by atoms with E-state index < -0.39 is 6.17 Å². The predicted octanol–water partition coefficient (Wildman–Crippen LogP) is 4.69. The Kier molecular flexibility index (Phi) is 5.08. The van der Waals surface area contributed by atoms with Gasteiger partial charge >= 0.3 is 0 Å². The zero-order valence-corrected chi connectivity index (χ0v) is 13.3. The fraction of sp³-hybridized carbons (Fsp3) is 0.0476. The number of isocyanates is 2. The summed E-state index contributed by atoms with van der Waals surface area (Å²) in [6, 6.07) is 25.3. The molecule has 0 spiro atoms. The van der Waals surface area contributed by atoms with Gasteiger partial charge in [-0.15, -0.1) is 0 Å². The van der Waals surface area contributed by atoms with E-state index in [9.17, 15) is 9.59 Å². The smallest absolute Gasteiger partial charge is 0.211 e. The van der Waals surface area contributed by atoms with Crippen molar-refractivity contribution < 1.29 is 9.59 Å². The number of aliphatic imine (C=N–C) groups is 2. The maximum Gasteiger partial charge on any atom is 0.237 e. The Morgan fingerprint density at radius 1 is 0.640 bits per heavy atom. The zero-order valence-electron chi connectivity index (χ0n) is 13.3. The van der Waals surface area contributed by atoms with E-state index in [1.807, 2.05) is 72.8 Å². The van der Waals surface area contributed by atoms with Crippen LogP contribution >= 0.6 is 0 Å². The fourth-order valence-corrected chi connectivity index (χ4v) is 2.84. The maximum absolute atomic E-state index is 10.8. The van der Waals surface area contributed by atoms with Gasteiger partial charge in [-0.3, -0.25) is 0 Å². The van der Waals surface area contributed by atoms with E-state index in [1.165, 1.54) is 12.2 Å². The predicted molar refractivity (Wildman–Crippen MR) is 96.3 cm³/mol. The fourth-order valence-electron chi connectivity index (χ4n) is 2.84. The Morgan fingerprint density at radius 2 is 1.20 bits per heavy atom. The van der Waals surface area contributed by atoms with Crippen molar-refractivity contribution >= 4 is 12.2 Å². The minimum atomic E-state index is -0.964. The summed E-state index contributed by atoms with van der Waals surface area (Å²) in [6.45, 7) is 0. The van der Waals surface area contributed by atoms with E-state index in [-0.39, 0.29) is 0 Å². The number of carbonyl (C=O) groups excluding carboxylic acids is 2. The van der Waals surface area contributed by atoms with Gasteiger partial charge in [-0.2, -0.15) is 9.98 Å². The second-order valence-corrected chi connectivity index (χ2v) is 5.32. The molecule has 3 aromatic rings. The molecule has 0 heterocycles. The Labute approximate surface area is 145 Å². The summed E-state index contributed by atoms with van der Waals surface area (Å²) in [6.07, 6.45) is 2.02. The summed E-state index contributed by atoms with van der Waals surface area (Å²) in [5.74, 6) is 0. The first-order valence-corrected chi connectivity index (χ1v) is 7.73. The quantitative estimate of drug-likeness (QED) is 0.504. The maximum atomic E-state index is 10.8. The Balaban J connectivity index is 2.33. The van der Waals surface area contributed by atoms with Crippen LogP contribution in [-0.4, -0.2) is 12.2 Å². The third kappa shape index (κ3) is 3.51. The van der Waals surface area contributed by atoms with Crippen molar-refractivity contribution in [1.29, 1.82) is 0 Å². The monoisotopic (exact) mass is 326 g/mol. The zero-order chi connectivity index (χ0) is 17.5. The molecule has 0 aliphatic carbocycles. The van der Waals surface area contributed by atoms with E-state index in [0.29, 0.717) is 5.56 Å². The molecule has 0 radical (unpaired) electrons. The van der Waals surface area contributed by atoms with Crippen LogP contribution in [0.4, 0.5) is 0 Å². The third-order valence-corrected chi connectivity index (χ3v) is 3.87. The molecule has 25 heavy (non-hydrogen) atoms. The first-order valence-electron chi connectivity index (χ1n) is 7.73. The van der Waals surface area contributed by atoms with E-state index in [4.69, 9.17) is 0 Å². The second kappa shape index (κ2) is 7.80. The minimum Gasteiger partial charge on any atom is -0.211 e. The summed E-state index contributed by atoms with van der Waals surface area (Å²) < 4.78 is 0. The summed E-state index contributed by atoms with van der Waals surface area (Å²) >= 11 is 0. The summed E-state index contributed by atoms with van der Waals surface area (Å²) in [5, 5.41) is 0. The van der Waals surface area contributed by atoms with Gasteiger partial charge in [-0.05, 0) is 22.3 Å². The first kappa shape index (κ1) is 16.3. The molecule has 0 saturated carbocycles. The highest BCUT2D eigenvalue weighted by molar-refractivity contribution is 5.86. The van der Waals surface area contributed by atoms with Crippen LogP contribution in [0.5, 0.6) is 0 Å². The molecule has 0 fully saturated rings. The van der Waals surface area contributed by atoms with Gasteiger partial charge in [0.25, 0.3) is 0 Å². The van der Waals surface area contributed by atoms with Crippen molar-refractivity contribution in [1.82, 2.24) is 0 Å². The van der Waals surface area contributed by atoms with Gasteiger partial charge in [0.05, 0.1) is 0 Å². The second-order valence-electron chi connectivity index (χ2n) is 5.32. The average Bonchev–Trinajstić information content (AvgIpc) is 2.68. The van der Waals surface area contributed by atoms with Gasteiger partial charge in [0.15, 0.2) is 6.17 Å². The van der Waals surface area contributed by atoms with Gasteiger partial charge in [0.2, 0.25) is 12.2 Å². The number of hydrogen-bond donors (Lipinski definition) is 0. The Morgan fingerprint density at radius 3 is 1.76 bits per heavy atom. The molecule has 0 aromatic heterocycles. The van der Waals surface area contributed by atoms with Crippen LogP contribution in [-0.2, 0) is 9.59 Å². The molecule has 0 saturated heterocycles. The molecule has 0 N–H and O–H groups in total. The molecule has 0 aliphatic rings. The van der Waals surface area contributed by atoms with Crippen molar-refractivity contribution in [2.75, 3.05) is 0 Å². The molecule has 0 bridgehead atoms. The molecular formula is C21H14N2O2. The van der Waals surface area contributed by atoms with Crippen LogP contribution < -0.4 is 0 Å². The van der Waals surface area contributed by atoms with Gasteiger partial charge in [0, 0.05) is 5.56 Å². The van der Waals surface area contributed by atoms with E-state index in [1.54, 1.807) is 6.07 Å². The van der Waals surface area contributed by atoms with Gasteiger partial charge in [-0.25, -0.2) is 9.59 Å². The van der Waals surface area contributed by atoms with Crippen molar-refractivity contribution in [2.45, 2.75) is 6.17 Å². The highest BCUT2D eigenvalue weighted by Gasteiger charge is 2.18. The van der Waals surface area contributed by atoms with Gasteiger partial charge < -0.3 is 0 Å². The lowest BCUT2D eigenvalue weighted by Gasteiger charge is -2.17. The topological polar surface area (TPSA) is 58.9 Å². The third-order valence-electron chi connectivity index (χ3n) is 3.87. The van der Waals surface area contributed by atoms with Gasteiger partial charge in [0.1, 0.15) is 0 Å². The molecule has 3 rings (SSSR count). The van der Waals surface area contributed by atoms with Crippen molar-refractivity contribution in [3.8, 4) is 22.3 Å². The largest absolute Gasteiger partial charge is 0.237 e.